The molecular formula is C24H20O5. The van der Waals surface area contributed by atoms with Crippen LogP contribution in [-0.4, -0.2) is 33.8 Å². The minimum absolute atomic E-state index is 0.0178. The summed E-state index contributed by atoms with van der Waals surface area (Å²) in [4.78, 5) is 13.7. The fraction of sp³-hybridized carbons (Fsp3) is 0.125. The van der Waals surface area contributed by atoms with Crippen LogP contribution in [0.5, 0.6) is 5.75 Å². The number of ether oxygens (including phenoxy) is 1. The zero-order chi connectivity index (χ0) is 20.6. The van der Waals surface area contributed by atoms with Gasteiger partial charge in [-0.3, -0.25) is 4.79 Å². The third-order valence-corrected chi connectivity index (χ3v) is 5.43. The van der Waals surface area contributed by atoms with E-state index in [9.17, 15) is 20.1 Å². The summed E-state index contributed by atoms with van der Waals surface area (Å²) in [6.45, 7) is 0. The lowest BCUT2D eigenvalue weighted by molar-refractivity contribution is -0.0107. The van der Waals surface area contributed by atoms with Gasteiger partial charge in [-0.25, -0.2) is 0 Å². The Labute approximate surface area is 168 Å². The predicted octanol–water partition coefficient (Wildman–Crippen LogP) is 4.59. The summed E-state index contributed by atoms with van der Waals surface area (Å²) in [6, 6.07) is 22.1. The Bertz CT molecular complexity index is 1090. The third-order valence-electron chi connectivity index (χ3n) is 5.43. The number of aromatic hydroxyl groups is 1. The van der Waals surface area contributed by atoms with Crippen molar-refractivity contribution in [2.75, 3.05) is 7.11 Å². The van der Waals surface area contributed by atoms with Gasteiger partial charge in [0.2, 0.25) is 11.4 Å². The molecule has 0 heterocycles. The lowest BCUT2D eigenvalue weighted by Crippen LogP contribution is -2.51. The Balaban J connectivity index is 2.02. The highest BCUT2D eigenvalue weighted by atomic mass is 16.5. The second-order valence-electron chi connectivity index (χ2n) is 6.94. The molecule has 2 unspecified atom stereocenters. The Morgan fingerprint density at radius 3 is 2.14 bits per heavy atom. The number of ketones is 1. The second kappa shape index (κ2) is 7.11. The fourth-order valence-corrected chi connectivity index (χ4v) is 4.06. The van der Waals surface area contributed by atoms with Crippen LogP contribution in [0, 0.1) is 0 Å². The van der Waals surface area contributed by atoms with Crippen molar-refractivity contribution in [3.05, 3.63) is 107 Å². The van der Waals surface area contributed by atoms with Crippen LogP contribution in [0.1, 0.15) is 33.0 Å². The molecular weight excluding hydrogens is 368 g/mol. The van der Waals surface area contributed by atoms with E-state index >= 15 is 0 Å². The number of phenols is 1. The maximum Gasteiger partial charge on any atom is 0.203 e. The zero-order valence-electron chi connectivity index (χ0n) is 15.7. The highest BCUT2D eigenvalue weighted by Crippen LogP contribution is 2.50. The first-order valence-corrected chi connectivity index (χ1v) is 9.16. The lowest BCUT2D eigenvalue weighted by atomic mass is 9.67. The van der Waals surface area contributed by atoms with E-state index in [0.717, 1.165) is 5.56 Å². The van der Waals surface area contributed by atoms with Gasteiger partial charge in [0.05, 0.1) is 5.92 Å². The molecule has 4 rings (SSSR count). The molecule has 0 radical (unpaired) electrons. The molecule has 1 aliphatic carbocycles. The molecule has 5 nitrogen and oxygen atoms in total. The van der Waals surface area contributed by atoms with Gasteiger partial charge >= 0.3 is 0 Å². The lowest BCUT2D eigenvalue weighted by Gasteiger charge is -2.42. The Hall–Kier alpha value is -3.57. The van der Waals surface area contributed by atoms with Crippen LogP contribution in [0.3, 0.4) is 0 Å². The van der Waals surface area contributed by atoms with Crippen LogP contribution in [0.25, 0.3) is 5.76 Å². The minimum atomic E-state index is -1.86. The van der Waals surface area contributed by atoms with Crippen molar-refractivity contribution in [2.24, 2.45) is 0 Å². The van der Waals surface area contributed by atoms with Gasteiger partial charge in [0.25, 0.3) is 0 Å². The van der Waals surface area contributed by atoms with E-state index in [1.165, 1.54) is 31.4 Å². The molecule has 0 aliphatic heterocycles. The quantitative estimate of drug-likeness (QED) is 0.569. The number of aliphatic hydroxyl groups excluding tert-OH is 2. The fourth-order valence-electron chi connectivity index (χ4n) is 4.06. The molecule has 0 amide bonds. The number of rotatable bonds is 4. The maximum absolute atomic E-state index is 13.7. The third kappa shape index (κ3) is 2.79. The molecule has 0 saturated carbocycles. The SMILES string of the molecule is COC1(C(=O)c2ccc(O)cc2)C(O)=C(O)c2ccccc2C1c1ccccc1. The van der Waals surface area contributed by atoms with E-state index in [0.29, 0.717) is 11.1 Å². The van der Waals surface area contributed by atoms with E-state index < -0.39 is 23.1 Å². The molecule has 0 aromatic heterocycles. The van der Waals surface area contributed by atoms with Gasteiger partial charge in [-0.15, -0.1) is 0 Å². The van der Waals surface area contributed by atoms with Crippen molar-refractivity contribution >= 4 is 11.5 Å². The number of Topliss-reactive ketones (excluding diaryl/α,β-unsaturated/α-hetero) is 1. The number of aliphatic hydroxyl groups is 2. The molecule has 3 N–H and O–H groups in total. The zero-order valence-corrected chi connectivity index (χ0v) is 15.7. The normalized spacial score (nSPS) is 20.9. The van der Waals surface area contributed by atoms with Crippen molar-refractivity contribution < 1.29 is 24.9 Å². The second-order valence-corrected chi connectivity index (χ2v) is 6.94. The van der Waals surface area contributed by atoms with Gasteiger partial charge in [0.15, 0.2) is 11.5 Å². The summed E-state index contributed by atoms with van der Waals surface area (Å²) in [7, 11) is 1.34. The van der Waals surface area contributed by atoms with Crippen LogP contribution in [0.2, 0.25) is 0 Å². The summed E-state index contributed by atoms with van der Waals surface area (Å²) < 4.78 is 5.75. The standard InChI is InChI=1S/C24H20O5/c1-29-24(22(27)16-11-13-17(25)14-12-16)20(15-7-3-2-4-8-15)18-9-5-6-10-19(18)21(26)23(24)28/h2-14,20,25-26,28H,1H3. The molecule has 0 fully saturated rings. The minimum Gasteiger partial charge on any atom is -0.508 e. The molecule has 3 aromatic carbocycles. The van der Waals surface area contributed by atoms with E-state index in [1.807, 2.05) is 42.5 Å². The summed E-state index contributed by atoms with van der Waals surface area (Å²) in [5.74, 6) is -2.12. The Kier molecular flexibility index (Phi) is 4.60. The largest absolute Gasteiger partial charge is 0.508 e. The molecule has 2 atom stereocenters. The summed E-state index contributed by atoms with van der Waals surface area (Å²) in [5.41, 5.74) is 0.252. The molecule has 0 bridgehead atoms. The molecule has 1 aliphatic rings. The van der Waals surface area contributed by atoms with Gasteiger partial charge in [0, 0.05) is 18.2 Å². The van der Waals surface area contributed by atoms with Gasteiger partial charge in [-0.2, -0.15) is 0 Å². The number of benzene rings is 3. The first kappa shape index (κ1) is 18.8. The monoisotopic (exact) mass is 388 g/mol. The van der Waals surface area contributed by atoms with E-state index in [-0.39, 0.29) is 17.1 Å². The van der Waals surface area contributed by atoms with Crippen LogP contribution in [0.15, 0.2) is 84.6 Å². The highest BCUT2D eigenvalue weighted by molar-refractivity contribution is 6.07. The summed E-state index contributed by atoms with van der Waals surface area (Å²) in [5, 5.41) is 31.4. The summed E-state index contributed by atoms with van der Waals surface area (Å²) in [6.07, 6.45) is 0. The maximum atomic E-state index is 13.7. The van der Waals surface area contributed by atoms with Crippen molar-refractivity contribution in [3.8, 4) is 5.75 Å². The molecule has 5 heteroatoms. The van der Waals surface area contributed by atoms with Gasteiger partial charge in [-0.05, 0) is 35.4 Å². The van der Waals surface area contributed by atoms with Gasteiger partial charge < -0.3 is 20.1 Å². The number of carbonyl (C=O) groups is 1. The average Bonchev–Trinajstić information content (AvgIpc) is 2.77. The van der Waals surface area contributed by atoms with Crippen LogP contribution in [-0.2, 0) is 4.74 Å². The Morgan fingerprint density at radius 1 is 0.862 bits per heavy atom. The first-order chi connectivity index (χ1) is 14.0. The number of hydrogen-bond donors (Lipinski definition) is 3. The van der Waals surface area contributed by atoms with E-state index in [2.05, 4.69) is 0 Å². The number of carbonyl (C=O) groups excluding carboxylic acids is 1. The van der Waals surface area contributed by atoms with Gasteiger partial charge in [-0.1, -0.05) is 54.6 Å². The van der Waals surface area contributed by atoms with Crippen molar-refractivity contribution in [3.63, 3.8) is 0 Å². The van der Waals surface area contributed by atoms with Crippen LogP contribution >= 0.6 is 0 Å². The van der Waals surface area contributed by atoms with E-state index in [4.69, 9.17) is 4.74 Å². The molecule has 146 valence electrons. The molecule has 29 heavy (non-hydrogen) atoms. The predicted molar refractivity (Wildman–Crippen MR) is 109 cm³/mol. The number of hydrogen-bond acceptors (Lipinski definition) is 5. The topological polar surface area (TPSA) is 87.0 Å². The highest BCUT2D eigenvalue weighted by Gasteiger charge is 2.56. The molecule has 0 spiro atoms. The van der Waals surface area contributed by atoms with Crippen molar-refractivity contribution in [2.45, 2.75) is 11.5 Å². The molecule has 0 saturated heterocycles. The molecule has 3 aromatic rings. The number of fused-ring (bicyclic) bond motifs is 1. The first-order valence-electron chi connectivity index (χ1n) is 9.16. The number of phenolic OH excluding ortho intramolecular Hbond substituents is 1. The van der Waals surface area contributed by atoms with Crippen molar-refractivity contribution in [1.82, 2.24) is 0 Å². The van der Waals surface area contributed by atoms with Gasteiger partial charge in [0.1, 0.15) is 5.75 Å². The average molecular weight is 388 g/mol. The Morgan fingerprint density at radius 2 is 1.48 bits per heavy atom. The van der Waals surface area contributed by atoms with Crippen LogP contribution in [0.4, 0.5) is 0 Å². The number of methoxy groups -OCH3 is 1. The van der Waals surface area contributed by atoms with Crippen LogP contribution < -0.4 is 0 Å². The summed E-state index contributed by atoms with van der Waals surface area (Å²) >= 11 is 0. The van der Waals surface area contributed by atoms with E-state index in [1.54, 1.807) is 12.1 Å². The smallest absolute Gasteiger partial charge is 0.203 e. The van der Waals surface area contributed by atoms with Crippen molar-refractivity contribution in [1.29, 1.82) is 0 Å².